The predicted molar refractivity (Wildman–Crippen MR) is 68.1 cm³/mol. The van der Waals surface area contributed by atoms with Crippen LogP contribution < -0.4 is 14.8 Å². The van der Waals surface area contributed by atoms with Gasteiger partial charge in [-0.25, -0.2) is 8.42 Å². The number of ether oxygens (including phenoxy) is 2. The molecule has 1 aromatic rings. The predicted octanol–water partition coefficient (Wildman–Crippen LogP) is 1.06. The molecule has 0 amide bonds. The highest BCUT2D eigenvalue weighted by Crippen LogP contribution is 2.33. The third-order valence-corrected chi connectivity index (χ3v) is 4.91. The van der Waals surface area contributed by atoms with Gasteiger partial charge in [0, 0.05) is 17.8 Å². The lowest BCUT2D eigenvalue weighted by Crippen LogP contribution is -2.21. The zero-order valence-corrected chi connectivity index (χ0v) is 10.7. The molecule has 0 aliphatic carbocycles. The third-order valence-electron chi connectivity index (χ3n) is 3.15. The highest BCUT2D eigenvalue weighted by atomic mass is 32.2. The van der Waals surface area contributed by atoms with Crippen LogP contribution >= 0.6 is 0 Å². The van der Waals surface area contributed by atoms with Crippen LogP contribution in [0.2, 0.25) is 0 Å². The Morgan fingerprint density at radius 1 is 1.17 bits per heavy atom. The number of fused-ring (bicyclic) bond motifs is 1. The van der Waals surface area contributed by atoms with Crippen molar-refractivity contribution in [2.75, 3.05) is 30.0 Å². The van der Waals surface area contributed by atoms with Crippen LogP contribution in [0.4, 0.5) is 5.69 Å². The summed E-state index contributed by atoms with van der Waals surface area (Å²) in [6, 6.07) is 5.59. The Morgan fingerprint density at radius 2 is 1.94 bits per heavy atom. The lowest BCUT2D eigenvalue weighted by Gasteiger charge is -2.20. The quantitative estimate of drug-likeness (QED) is 0.869. The van der Waals surface area contributed by atoms with Gasteiger partial charge in [-0.1, -0.05) is 0 Å². The van der Waals surface area contributed by atoms with Gasteiger partial charge in [-0.15, -0.1) is 0 Å². The molecule has 0 saturated carbocycles. The molecule has 1 atom stereocenters. The Hall–Kier alpha value is -1.43. The minimum absolute atomic E-state index is 0.00226. The first kappa shape index (κ1) is 11.6. The summed E-state index contributed by atoms with van der Waals surface area (Å²) >= 11 is 0. The van der Waals surface area contributed by atoms with Gasteiger partial charge in [0.2, 0.25) is 0 Å². The Morgan fingerprint density at radius 3 is 2.67 bits per heavy atom. The van der Waals surface area contributed by atoms with Gasteiger partial charge in [0.25, 0.3) is 0 Å². The van der Waals surface area contributed by atoms with Crippen molar-refractivity contribution in [3.8, 4) is 11.5 Å². The smallest absolute Gasteiger partial charge is 0.163 e. The first-order valence-electron chi connectivity index (χ1n) is 5.99. The van der Waals surface area contributed by atoms with E-state index in [0.29, 0.717) is 25.4 Å². The number of nitrogens with one attached hydrogen (secondary N) is 1. The van der Waals surface area contributed by atoms with Crippen molar-refractivity contribution in [1.29, 1.82) is 0 Å². The summed E-state index contributed by atoms with van der Waals surface area (Å²) < 4.78 is 33.7. The fourth-order valence-corrected chi connectivity index (χ4v) is 3.95. The Balaban J connectivity index is 1.74. The highest BCUT2D eigenvalue weighted by Gasteiger charge is 2.27. The molecule has 1 aromatic carbocycles. The fourth-order valence-electron chi connectivity index (χ4n) is 2.28. The van der Waals surface area contributed by atoms with Gasteiger partial charge in [0.1, 0.15) is 13.2 Å². The zero-order valence-electron chi connectivity index (χ0n) is 9.89. The van der Waals surface area contributed by atoms with Crippen molar-refractivity contribution in [3.63, 3.8) is 0 Å². The van der Waals surface area contributed by atoms with Crippen LogP contribution in [0.3, 0.4) is 0 Å². The molecule has 6 heteroatoms. The summed E-state index contributed by atoms with van der Waals surface area (Å²) in [6.07, 6.45) is 0.663. The molecular weight excluding hydrogens is 254 g/mol. The van der Waals surface area contributed by atoms with E-state index in [1.165, 1.54) is 0 Å². The number of anilines is 1. The molecule has 5 nitrogen and oxygen atoms in total. The van der Waals surface area contributed by atoms with Crippen LogP contribution in [0, 0.1) is 0 Å². The molecule has 1 N–H and O–H groups in total. The molecule has 0 bridgehead atoms. The van der Waals surface area contributed by atoms with Crippen molar-refractivity contribution in [1.82, 2.24) is 0 Å². The van der Waals surface area contributed by atoms with Crippen LogP contribution in [-0.2, 0) is 9.84 Å². The molecule has 2 aliphatic heterocycles. The van der Waals surface area contributed by atoms with E-state index in [0.717, 1.165) is 11.4 Å². The second kappa shape index (κ2) is 4.35. The van der Waals surface area contributed by atoms with E-state index in [4.69, 9.17) is 9.47 Å². The number of benzene rings is 1. The van der Waals surface area contributed by atoms with Gasteiger partial charge in [-0.2, -0.15) is 0 Å². The maximum absolute atomic E-state index is 11.4. The largest absolute Gasteiger partial charge is 0.486 e. The summed E-state index contributed by atoms with van der Waals surface area (Å²) in [5.41, 5.74) is 0.876. The Bertz CT molecular complexity index is 555. The van der Waals surface area contributed by atoms with Gasteiger partial charge in [-0.05, 0) is 18.6 Å². The van der Waals surface area contributed by atoms with Gasteiger partial charge < -0.3 is 14.8 Å². The van der Waals surface area contributed by atoms with Gasteiger partial charge in [0.15, 0.2) is 21.3 Å². The van der Waals surface area contributed by atoms with Crippen LogP contribution in [0.1, 0.15) is 6.42 Å². The molecule has 3 rings (SSSR count). The summed E-state index contributed by atoms with van der Waals surface area (Å²) in [5, 5.41) is 3.23. The third kappa shape index (κ3) is 2.38. The molecule has 0 unspecified atom stereocenters. The number of hydrogen-bond donors (Lipinski definition) is 1. The van der Waals surface area contributed by atoms with Crippen molar-refractivity contribution >= 4 is 15.5 Å². The van der Waals surface area contributed by atoms with Crippen molar-refractivity contribution < 1.29 is 17.9 Å². The second-order valence-electron chi connectivity index (χ2n) is 4.60. The Labute approximate surface area is 106 Å². The van der Waals surface area contributed by atoms with Crippen LogP contribution in [-0.4, -0.2) is 39.2 Å². The maximum atomic E-state index is 11.4. The summed E-state index contributed by atoms with van der Waals surface area (Å²) in [4.78, 5) is 0. The van der Waals surface area contributed by atoms with Gasteiger partial charge >= 0.3 is 0 Å². The van der Waals surface area contributed by atoms with E-state index in [1.807, 2.05) is 18.2 Å². The molecule has 2 heterocycles. The van der Waals surface area contributed by atoms with Crippen molar-refractivity contribution in [3.05, 3.63) is 18.2 Å². The van der Waals surface area contributed by atoms with Gasteiger partial charge in [-0.3, -0.25) is 0 Å². The lowest BCUT2D eigenvalue weighted by molar-refractivity contribution is 0.171. The molecule has 0 aromatic heterocycles. The Kier molecular flexibility index (Phi) is 2.81. The number of sulfone groups is 1. The lowest BCUT2D eigenvalue weighted by atomic mass is 10.2. The maximum Gasteiger partial charge on any atom is 0.163 e. The van der Waals surface area contributed by atoms with Crippen molar-refractivity contribution in [2.45, 2.75) is 12.5 Å². The average molecular weight is 269 g/mol. The first-order chi connectivity index (χ1) is 8.62. The van der Waals surface area contributed by atoms with E-state index in [2.05, 4.69) is 5.32 Å². The number of rotatable bonds is 2. The molecule has 2 aliphatic rings. The van der Waals surface area contributed by atoms with E-state index in [9.17, 15) is 8.42 Å². The molecule has 1 saturated heterocycles. The van der Waals surface area contributed by atoms with Crippen LogP contribution in [0.25, 0.3) is 0 Å². The molecular formula is C12H15NO4S. The zero-order chi connectivity index (χ0) is 12.6. The topological polar surface area (TPSA) is 64.6 Å². The monoisotopic (exact) mass is 269 g/mol. The second-order valence-corrected chi connectivity index (χ2v) is 6.83. The summed E-state index contributed by atoms with van der Waals surface area (Å²) in [7, 11) is -2.85. The highest BCUT2D eigenvalue weighted by molar-refractivity contribution is 7.91. The number of hydrogen-bond acceptors (Lipinski definition) is 5. The minimum atomic E-state index is -2.85. The van der Waals surface area contributed by atoms with Crippen LogP contribution in [0.5, 0.6) is 11.5 Å². The average Bonchev–Trinajstić information content (AvgIpc) is 2.68. The van der Waals surface area contributed by atoms with E-state index in [-0.39, 0.29) is 17.5 Å². The SMILES string of the molecule is O=S1(=O)CC[C@H](Nc2ccc3c(c2)OCCO3)C1. The van der Waals surface area contributed by atoms with E-state index in [1.54, 1.807) is 0 Å². The molecule has 98 valence electrons. The molecule has 1 fully saturated rings. The first-order valence-corrected chi connectivity index (χ1v) is 7.81. The normalized spacial score (nSPS) is 24.8. The van der Waals surface area contributed by atoms with Gasteiger partial charge in [0.05, 0.1) is 11.5 Å². The molecule has 18 heavy (non-hydrogen) atoms. The van der Waals surface area contributed by atoms with E-state index >= 15 is 0 Å². The standard InChI is InChI=1S/C12H15NO4S/c14-18(15)6-3-10(8-18)13-9-1-2-11-12(7-9)17-5-4-16-11/h1-2,7,10,13H,3-6,8H2/t10-/m0/s1. The van der Waals surface area contributed by atoms with E-state index < -0.39 is 9.84 Å². The fraction of sp³-hybridized carbons (Fsp3) is 0.500. The minimum Gasteiger partial charge on any atom is -0.486 e. The van der Waals surface area contributed by atoms with Crippen LogP contribution in [0.15, 0.2) is 18.2 Å². The molecule has 0 radical (unpaired) electrons. The molecule has 0 spiro atoms. The van der Waals surface area contributed by atoms with Crippen molar-refractivity contribution in [2.24, 2.45) is 0 Å². The summed E-state index contributed by atoms with van der Waals surface area (Å²) in [5.74, 6) is 1.94. The summed E-state index contributed by atoms with van der Waals surface area (Å²) in [6.45, 7) is 1.12.